The van der Waals surface area contributed by atoms with Gasteiger partial charge in [0.15, 0.2) is 5.16 Å². The van der Waals surface area contributed by atoms with E-state index in [1.165, 1.54) is 31.0 Å². The molecule has 1 saturated carbocycles. The molecule has 26 heavy (non-hydrogen) atoms. The molecule has 1 aromatic heterocycles. The van der Waals surface area contributed by atoms with Crippen molar-refractivity contribution in [2.24, 2.45) is 0 Å². The zero-order chi connectivity index (χ0) is 18.7. The Balaban J connectivity index is 1.66. The Morgan fingerprint density at radius 2 is 1.96 bits per heavy atom. The molecular formula is C18H22Cl2N4OS. The second-order valence-corrected chi connectivity index (χ2v) is 8.31. The molecule has 0 unspecified atom stereocenters. The molecule has 0 spiro atoms. The summed E-state index contributed by atoms with van der Waals surface area (Å²) in [6.45, 7) is 3.84. The fraction of sp³-hybridized carbons (Fsp3) is 0.500. The third kappa shape index (κ3) is 4.35. The fourth-order valence-electron chi connectivity index (χ4n) is 3.28. The molecule has 0 bridgehead atoms. The number of carbonyl (C=O) groups is 1. The largest absolute Gasteiger partial charge is 0.323 e. The Kier molecular flexibility index (Phi) is 6.48. The van der Waals surface area contributed by atoms with Crippen molar-refractivity contribution in [2.45, 2.75) is 57.1 Å². The Morgan fingerprint density at radius 3 is 2.69 bits per heavy atom. The molecule has 140 valence electrons. The van der Waals surface area contributed by atoms with E-state index in [0.717, 1.165) is 29.4 Å². The van der Waals surface area contributed by atoms with Gasteiger partial charge in [-0.2, -0.15) is 0 Å². The van der Waals surface area contributed by atoms with Crippen LogP contribution in [0.5, 0.6) is 0 Å². The van der Waals surface area contributed by atoms with Crippen LogP contribution in [0.3, 0.4) is 0 Å². The molecule has 1 fully saturated rings. The normalized spacial score (nSPS) is 15.2. The maximum Gasteiger partial charge on any atom is 0.234 e. The third-order valence-corrected chi connectivity index (χ3v) is 6.40. The first-order valence-corrected chi connectivity index (χ1v) is 10.5. The van der Waals surface area contributed by atoms with E-state index in [4.69, 9.17) is 23.2 Å². The number of thioether (sulfide) groups is 1. The number of benzene rings is 1. The van der Waals surface area contributed by atoms with Crippen LogP contribution in [0.1, 0.15) is 49.5 Å². The number of nitrogens with one attached hydrogen (secondary N) is 1. The average molecular weight is 413 g/mol. The summed E-state index contributed by atoms with van der Waals surface area (Å²) in [6.07, 6.45) is 6.05. The summed E-state index contributed by atoms with van der Waals surface area (Å²) in [7, 11) is 0. The Hall–Kier alpha value is -1.24. The van der Waals surface area contributed by atoms with Crippen LogP contribution < -0.4 is 5.32 Å². The number of anilines is 1. The van der Waals surface area contributed by atoms with Crippen molar-refractivity contribution in [3.63, 3.8) is 0 Å². The molecule has 0 atom stereocenters. The summed E-state index contributed by atoms with van der Waals surface area (Å²) >= 11 is 13.8. The smallest absolute Gasteiger partial charge is 0.234 e. The molecule has 1 N–H and O–H groups in total. The number of amides is 1. The van der Waals surface area contributed by atoms with Crippen LogP contribution in [0.2, 0.25) is 10.0 Å². The minimum Gasteiger partial charge on any atom is -0.323 e. The van der Waals surface area contributed by atoms with Gasteiger partial charge in [0.1, 0.15) is 5.82 Å². The van der Waals surface area contributed by atoms with E-state index in [2.05, 4.69) is 20.1 Å². The van der Waals surface area contributed by atoms with E-state index in [1.54, 1.807) is 6.07 Å². The summed E-state index contributed by atoms with van der Waals surface area (Å²) in [5.41, 5.74) is 1.33. The maximum absolute atomic E-state index is 12.4. The van der Waals surface area contributed by atoms with Gasteiger partial charge < -0.3 is 9.88 Å². The van der Waals surface area contributed by atoms with Crippen LogP contribution in [0.4, 0.5) is 5.69 Å². The van der Waals surface area contributed by atoms with Crippen molar-refractivity contribution >= 4 is 46.6 Å². The first kappa shape index (κ1) is 19.5. The summed E-state index contributed by atoms with van der Waals surface area (Å²) in [4.78, 5) is 12.4. The molecule has 1 aliphatic carbocycles. The zero-order valence-corrected chi connectivity index (χ0v) is 17.2. The molecule has 1 amide bonds. The van der Waals surface area contributed by atoms with Gasteiger partial charge >= 0.3 is 0 Å². The van der Waals surface area contributed by atoms with Crippen LogP contribution in [-0.2, 0) is 4.79 Å². The highest BCUT2D eigenvalue weighted by Crippen LogP contribution is 2.34. The SMILES string of the molecule is Cc1ccc(Cl)c(NC(=O)CSc2nnc(C)n2C2CCCCC2)c1Cl. The highest BCUT2D eigenvalue weighted by Gasteiger charge is 2.22. The maximum atomic E-state index is 12.4. The summed E-state index contributed by atoms with van der Waals surface area (Å²) < 4.78 is 2.18. The number of aryl methyl sites for hydroxylation is 2. The van der Waals surface area contributed by atoms with Crippen molar-refractivity contribution in [1.82, 2.24) is 14.8 Å². The number of aromatic nitrogens is 3. The number of rotatable bonds is 5. The van der Waals surface area contributed by atoms with Gasteiger partial charge in [0.25, 0.3) is 0 Å². The number of halogens is 2. The number of nitrogens with zero attached hydrogens (tertiary/aromatic N) is 3. The van der Waals surface area contributed by atoms with Crippen molar-refractivity contribution in [2.75, 3.05) is 11.1 Å². The Morgan fingerprint density at radius 1 is 1.23 bits per heavy atom. The van der Waals surface area contributed by atoms with Gasteiger partial charge in [-0.25, -0.2) is 0 Å². The average Bonchev–Trinajstić information content (AvgIpc) is 3.01. The molecule has 8 heteroatoms. The highest BCUT2D eigenvalue weighted by molar-refractivity contribution is 7.99. The molecule has 3 rings (SSSR count). The van der Waals surface area contributed by atoms with Crippen molar-refractivity contribution in [1.29, 1.82) is 0 Å². The van der Waals surface area contributed by atoms with Crippen LogP contribution in [0.25, 0.3) is 0 Å². The van der Waals surface area contributed by atoms with Gasteiger partial charge in [0.05, 0.1) is 21.5 Å². The van der Waals surface area contributed by atoms with E-state index in [0.29, 0.717) is 21.8 Å². The molecule has 5 nitrogen and oxygen atoms in total. The summed E-state index contributed by atoms with van der Waals surface area (Å²) in [5, 5.41) is 13.0. The Bertz CT molecular complexity index is 803. The van der Waals surface area contributed by atoms with E-state index in [1.807, 2.05) is 19.9 Å². The highest BCUT2D eigenvalue weighted by atomic mass is 35.5. The lowest BCUT2D eigenvalue weighted by Crippen LogP contribution is -2.18. The van der Waals surface area contributed by atoms with Crippen LogP contribution in [0.15, 0.2) is 17.3 Å². The van der Waals surface area contributed by atoms with Gasteiger partial charge in [0.2, 0.25) is 5.91 Å². The molecule has 0 aliphatic heterocycles. The first-order valence-electron chi connectivity index (χ1n) is 8.76. The minimum absolute atomic E-state index is 0.166. The lowest BCUT2D eigenvalue weighted by atomic mass is 9.95. The predicted octanol–water partition coefficient (Wildman–Crippen LogP) is 5.44. The van der Waals surface area contributed by atoms with Gasteiger partial charge in [-0.05, 0) is 38.3 Å². The van der Waals surface area contributed by atoms with Crippen molar-refractivity contribution < 1.29 is 4.79 Å². The zero-order valence-electron chi connectivity index (χ0n) is 14.9. The second kappa shape index (κ2) is 8.63. The second-order valence-electron chi connectivity index (χ2n) is 6.58. The van der Waals surface area contributed by atoms with Gasteiger partial charge in [-0.1, -0.05) is 60.3 Å². The van der Waals surface area contributed by atoms with Crippen LogP contribution in [-0.4, -0.2) is 26.4 Å². The molecule has 1 aliphatic rings. The minimum atomic E-state index is -0.166. The molecule has 0 saturated heterocycles. The van der Waals surface area contributed by atoms with Crippen LogP contribution >= 0.6 is 35.0 Å². The topological polar surface area (TPSA) is 59.8 Å². The van der Waals surface area contributed by atoms with E-state index < -0.39 is 0 Å². The monoisotopic (exact) mass is 412 g/mol. The molecule has 1 aromatic carbocycles. The van der Waals surface area contributed by atoms with Gasteiger partial charge in [-0.3, -0.25) is 4.79 Å². The lowest BCUT2D eigenvalue weighted by molar-refractivity contribution is -0.113. The standard InChI is InChI=1S/C18H22Cl2N4OS/c1-11-8-9-14(19)17(16(11)20)21-15(25)10-26-18-23-22-12(2)24(18)13-6-4-3-5-7-13/h8-9,13H,3-7,10H2,1-2H3,(H,21,25). The number of hydrogen-bond donors (Lipinski definition) is 1. The van der Waals surface area contributed by atoms with E-state index in [-0.39, 0.29) is 11.7 Å². The summed E-state index contributed by atoms with van der Waals surface area (Å²) in [5.74, 6) is 0.968. The number of carbonyl (C=O) groups excluding carboxylic acids is 1. The first-order chi connectivity index (χ1) is 12.5. The van der Waals surface area contributed by atoms with E-state index in [9.17, 15) is 4.79 Å². The van der Waals surface area contributed by atoms with Gasteiger partial charge in [-0.15, -0.1) is 10.2 Å². The van der Waals surface area contributed by atoms with Crippen molar-refractivity contribution in [3.05, 3.63) is 33.6 Å². The van der Waals surface area contributed by atoms with Crippen LogP contribution in [0, 0.1) is 13.8 Å². The summed E-state index contributed by atoms with van der Waals surface area (Å²) in [6, 6.07) is 3.99. The molecule has 2 aromatic rings. The molecular weight excluding hydrogens is 391 g/mol. The number of hydrogen-bond acceptors (Lipinski definition) is 4. The molecule has 1 heterocycles. The molecule has 0 radical (unpaired) electrons. The quantitative estimate of drug-likeness (QED) is 0.664. The Labute approximate surface area is 167 Å². The predicted molar refractivity (Wildman–Crippen MR) is 107 cm³/mol. The third-order valence-electron chi connectivity index (χ3n) is 4.66. The lowest BCUT2D eigenvalue weighted by Gasteiger charge is -2.24. The van der Waals surface area contributed by atoms with Gasteiger partial charge in [0, 0.05) is 6.04 Å². The van der Waals surface area contributed by atoms with E-state index >= 15 is 0 Å². The van der Waals surface area contributed by atoms with Crippen molar-refractivity contribution in [3.8, 4) is 0 Å². The fourth-order valence-corrected chi connectivity index (χ4v) is 4.60.